The number of fused-ring (bicyclic) bond motifs is 1. The predicted molar refractivity (Wildman–Crippen MR) is 110 cm³/mol. The van der Waals surface area contributed by atoms with Crippen LogP contribution in [0.3, 0.4) is 0 Å². The Morgan fingerprint density at radius 2 is 1.84 bits per heavy atom. The van der Waals surface area contributed by atoms with Gasteiger partial charge in [-0.1, -0.05) is 6.07 Å². The van der Waals surface area contributed by atoms with Crippen molar-refractivity contribution in [2.24, 2.45) is 0 Å². The van der Waals surface area contributed by atoms with Gasteiger partial charge in [-0.15, -0.1) is 0 Å². The Balaban J connectivity index is 1.45. The van der Waals surface area contributed by atoms with Crippen molar-refractivity contribution < 1.29 is 27.8 Å². The minimum absolute atomic E-state index is 0.0393. The summed E-state index contributed by atoms with van der Waals surface area (Å²) in [6.45, 7) is 3.26. The molecule has 4 rings (SSSR count). The van der Waals surface area contributed by atoms with Gasteiger partial charge in [-0.25, -0.2) is 9.97 Å². The van der Waals surface area contributed by atoms with Crippen molar-refractivity contribution in [3.05, 3.63) is 59.9 Å². The summed E-state index contributed by atoms with van der Waals surface area (Å²) in [5.41, 5.74) is 0.0910. The lowest BCUT2D eigenvalue weighted by Crippen LogP contribution is -2.49. The van der Waals surface area contributed by atoms with Crippen molar-refractivity contribution in [2.75, 3.05) is 39.3 Å². The van der Waals surface area contributed by atoms with Crippen LogP contribution in [0.4, 0.5) is 13.2 Å². The molecule has 0 saturated carbocycles. The molecule has 1 saturated heterocycles. The number of amides is 1. The molecule has 1 aliphatic heterocycles. The van der Waals surface area contributed by atoms with Gasteiger partial charge in [0, 0.05) is 50.4 Å². The highest BCUT2D eigenvalue weighted by Crippen LogP contribution is 2.30. The molecule has 1 aromatic carbocycles. The van der Waals surface area contributed by atoms with Gasteiger partial charge in [0.15, 0.2) is 0 Å². The topological polar surface area (TPSA) is 78.8 Å². The second kappa shape index (κ2) is 9.09. The smallest absolute Gasteiger partial charge is 0.417 e. The van der Waals surface area contributed by atoms with Gasteiger partial charge in [-0.05, 0) is 30.3 Å². The van der Waals surface area contributed by atoms with E-state index in [1.165, 1.54) is 0 Å². The molecule has 2 aromatic heterocycles. The van der Waals surface area contributed by atoms with Crippen LogP contribution in [-0.4, -0.2) is 70.1 Å². The molecule has 3 aromatic rings. The van der Waals surface area contributed by atoms with Gasteiger partial charge in [0.25, 0.3) is 5.91 Å². The van der Waals surface area contributed by atoms with Crippen molar-refractivity contribution in [2.45, 2.75) is 6.18 Å². The number of aromatic nitrogens is 2. The Hall–Kier alpha value is -3.24. The third-order valence-corrected chi connectivity index (χ3v) is 5.24. The number of benzene rings is 1. The van der Waals surface area contributed by atoms with Crippen LogP contribution in [0.15, 0.2) is 48.7 Å². The first-order valence-electron chi connectivity index (χ1n) is 10.1. The average molecular weight is 446 g/mol. The second-order valence-corrected chi connectivity index (χ2v) is 7.39. The van der Waals surface area contributed by atoms with Crippen LogP contribution in [0.5, 0.6) is 11.6 Å². The highest BCUT2D eigenvalue weighted by molar-refractivity contribution is 5.95. The fourth-order valence-corrected chi connectivity index (χ4v) is 3.49. The molecule has 32 heavy (non-hydrogen) atoms. The summed E-state index contributed by atoms with van der Waals surface area (Å²) >= 11 is 0. The normalized spacial score (nSPS) is 15.2. The van der Waals surface area contributed by atoms with Crippen LogP contribution in [0.2, 0.25) is 0 Å². The Morgan fingerprint density at radius 3 is 2.50 bits per heavy atom. The molecule has 1 aliphatic rings. The van der Waals surface area contributed by atoms with Gasteiger partial charge < -0.3 is 14.7 Å². The summed E-state index contributed by atoms with van der Waals surface area (Å²) in [6.07, 6.45) is -3.73. The molecule has 10 heteroatoms. The number of ether oxygens (including phenoxy) is 1. The number of β-amino-alcohol motifs (C(OH)–C–C–N with tert-alkyl or cyclic N) is 1. The SMILES string of the molecule is O=C(c1ccc2cc(Oc3ccc(C(F)(F)F)cn3)ccc2n1)N1CCN(CCO)CC1. The number of carbonyl (C=O) groups is 1. The molecule has 1 fully saturated rings. The zero-order chi connectivity index (χ0) is 22.7. The van der Waals surface area contributed by atoms with Crippen LogP contribution >= 0.6 is 0 Å². The summed E-state index contributed by atoms with van der Waals surface area (Å²) < 4.78 is 43.5. The predicted octanol–water partition coefficient (Wildman–Crippen LogP) is 3.19. The summed E-state index contributed by atoms with van der Waals surface area (Å²) in [5, 5.41) is 9.75. The van der Waals surface area contributed by atoms with Crippen molar-refractivity contribution in [3.63, 3.8) is 0 Å². The van der Waals surface area contributed by atoms with Crippen molar-refractivity contribution in [1.82, 2.24) is 19.8 Å². The lowest BCUT2D eigenvalue weighted by molar-refractivity contribution is -0.137. The third-order valence-electron chi connectivity index (χ3n) is 5.24. The van der Waals surface area contributed by atoms with Gasteiger partial charge in [0.05, 0.1) is 17.7 Å². The Bertz CT molecular complexity index is 1100. The van der Waals surface area contributed by atoms with Crippen molar-refractivity contribution >= 4 is 16.8 Å². The summed E-state index contributed by atoms with van der Waals surface area (Å²) in [4.78, 5) is 24.8. The Morgan fingerprint density at radius 1 is 1.06 bits per heavy atom. The van der Waals surface area contributed by atoms with E-state index in [0.29, 0.717) is 49.7 Å². The molecule has 0 spiro atoms. The number of hydrogen-bond acceptors (Lipinski definition) is 6. The van der Waals surface area contributed by atoms with E-state index in [9.17, 15) is 18.0 Å². The summed E-state index contributed by atoms with van der Waals surface area (Å²) in [5.74, 6) is 0.285. The van der Waals surface area contributed by atoms with Gasteiger partial charge in [0.2, 0.25) is 5.88 Å². The fourth-order valence-electron chi connectivity index (χ4n) is 3.49. The van der Waals surface area contributed by atoms with Crippen LogP contribution in [-0.2, 0) is 6.18 Å². The van der Waals surface area contributed by atoms with Gasteiger partial charge >= 0.3 is 6.18 Å². The van der Waals surface area contributed by atoms with E-state index in [2.05, 4.69) is 14.9 Å². The molecule has 0 aliphatic carbocycles. The Labute approximate surface area is 182 Å². The number of piperazine rings is 1. The number of alkyl halides is 3. The molecular formula is C22H21F3N4O3. The van der Waals surface area contributed by atoms with E-state index in [-0.39, 0.29) is 18.4 Å². The molecule has 1 amide bonds. The summed E-state index contributed by atoms with van der Waals surface area (Å²) in [7, 11) is 0. The van der Waals surface area contributed by atoms with E-state index >= 15 is 0 Å². The van der Waals surface area contributed by atoms with Crippen molar-refractivity contribution in [1.29, 1.82) is 0 Å². The zero-order valence-corrected chi connectivity index (χ0v) is 17.0. The van der Waals surface area contributed by atoms with Gasteiger partial charge in [-0.3, -0.25) is 9.69 Å². The molecule has 0 atom stereocenters. The maximum Gasteiger partial charge on any atom is 0.417 e. The standard InChI is InChI=1S/C22H21F3N4O3/c23-22(24,25)16-2-6-20(26-14-16)32-17-3-5-18-15(13-17)1-4-19(27-18)21(31)29-9-7-28(8-10-29)11-12-30/h1-6,13-14,30H,7-12H2. The maximum absolute atomic E-state index is 12.8. The van der Waals surface area contributed by atoms with E-state index < -0.39 is 11.7 Å². The van der Waals surface area contributed by atoms with Crippen LogP contribution in [0, 0.1) is 0 Å². The first-order valence-corrected chi connectivity index (χ1v) is 10.1. The number of aliphatic hydroxyl groups is 1. The average Bonchev–Trinajstić information content (AvgIpc) is 2.79. The fraction of sp³-hybridized carbons (Fsp3) is 0.318. The molecule has 0 bridgehead atoms. The number of pyridine rings is 2. The lowest BCUT2D eigenvalue weighted by Gasteiger charge is -2.34. The largest absolute Gasteiger partial charge is 0.439 e. The van der Waals surface area contributed by atoms with Gasteiger partial charge in [-0.2, -0.15) is 13.2 Å². The molecule has 0 unspecified atom stereocenters. The zero-order valence-electron chi connectivity index (χ0n) is 17.0. The van der Waals surface area contributed by atoms with Crippen molar-refractivity contribution in [3.8, 4) is 11.6 Å². The number of carbonyl (C=O) groups excluding carboxylic acids is 1. The van der Waals surface area contributed by atoms with Gasteiger partial charge in [0.1, 0.15) is 11.4 Å². The minimum atomic E-state index is -4.46. The molecule has 168 valence electrons. The van der Waals surface area contributed by atoms with E-state index in [4.69, 9.17) is 9.84 Å². The first kappa shape index (κ1) is 22.0. The minimum Gasteiger partial charge on any atom is -0.439 e. The first-order chi connectivity index (χ1) is 15.3. The van der Waals surface area contributed by atoms with E-state index in [0.717, 1.165) is 23.7 Å². The highest BCUT2D eigenvalue weighted by atomic mass is 19.4. The van der Waals surface area contributed by atoms with Crippen LogP contribution in [0.1, 0.15) is 16.1 Å². The number of hydrogen-bond donors (Lipinski definition) is 1. The number of aliphatic hydroxyl groups excluding tert-OH is 1. The van der Waals surface area contributed by atoms with E-state index in [1.54, 1.807) is 35.2 Å². The molecule has 7 nitrogen and oxygen atoms in total. The summed E-state index contributed by atoms with van der Waals surface area (Å²) in [6, 6.07) is 10.5. The number of halogens is 3. The number of rotatable bonds is 5. The van der Waals surface area contributed by atoms with E-state index in [1.807, 2.05) is 0 Å². The molecule has 3 heterocycles. The Kier molecular flexibility index (Phi) is 6.24. The van der Waals surface area contributed by atoms with Crippen LogP contribution in [0.25, 0.3) is 10.9 Å². The molecule has 0 radical (unpaired) electrons. The lowest BCUT2D eigenvalue weighted by atomic mass is 10.1. The highest BCUT2D eigenvalue weighted by Gasteiger charge is 2.30. The third kappa shape index (κ3) is 4.97. The molecular weight excluding hydrogens is 425 g/mol. The van der Waals surface area contributed by atoms with Crippen LogP contribution < -0.4 is 4.74 Å². The molecule has 1 N–H and O–H groups in total. The maximum atomic E-state index is 12.8. The quantitative estimate of drug-likeness (QED) is 0.649. The monoisotopic (exact) mass is 446 g/mol. The number of nitrogens with zero attached hydrogens (tertiary/aromatic N) is 4. The second-order valence-electron chi connectivity index (χ2n) is 7.39.